The molecule has 3 rings (SSSR count). The highest BCUT2D eigenvalue weighted by molar-refractivity contribution is 7.90. The Bertz CT molecular complexity index is 840. The summed E-state index contributed by atoms with van der Waals surface area (Å²) in [6.45, 7) is 2.79. The van der Waals surface area contributed by atoms with Crippen molar-refractivity contribution in [2.75, 3.05) is 32.1 Å². The molecular weight excluding hydrogens is 372 g/mol. The van der Waals surface area contributed by atoms with Gasteiger partial charge in [-0.2, -0.15) is 4.31 Å². The molecule has 8 heteroatoms. The molecule has 146 valence electrons. The number of hydrogen-bond donors (Lipinski definition) is 0. The lowest BCUT2D eigenvalue weighted by Crippen LogP contribution is -2.47. The topological polar surface area (TPSA) is 74.8 Å². The molecule has 1 heterocycles. The highest BCUT2D eigenvalue weighted by atomic mass is 32.2. The van der Waals surface area contributed by atoms with Crippen molar-refractivity contribution in [2.24, 2.45) is 5.92 Å². The van der Waals surface area contributed by atoms with Crippen molar-refractivity contribution in [3.05, 3.63) is 29.8 Å². The fraction of sp³-hybridized carbons (Fsp3) is 0.667. The SMILES string of the molecule is CS(=O)(=O)c1ccccc1CN1CCC(N(CC2CC2)S(C)(=O)=O)CC1. The molecule has 0 amide bonds. The molecular formula is C18H28N2O4S2. The van der Waals surface area contributed by atoms with E-state index in [-0.39, 0.29) is 6.04 Å². The van der Waals surface area contributed by atoms with E-state index in [2.05, 4.69) is 4.90 Å². The number of sulfone groups is 1. The molecule has 0 spiro atoms. The predicted octanol–water partition coefficient (Wildman–Crippen LogP) is 1.73. The molecule has 0 radical (unpaired) electrons. The summed E-state index contributed by atoms with van der Waals surface area (Å²) >= 11 is 0. The van der Waals surface area contributed by atoms with Crippen molar-refractivity contribution >= 4 is 19.9 Å². The van der Waals surface area contributed by atoms with Gasteiger partial charge in [0.1, 0.15) is 0 Å². The van der Waals surface area contributed by atoms with Gasteiger partial charge in [0.25, 0.3) is 0 Å². The van der Waals surface area contributed by atoms with Gasteiger partial charge in [-0.25, -0.2) is 16.8 Å². The highest BCUT2D eigenvalue weighted by Crippen LogP contribution is 2.32. The van der Waals surface area contributed by atoms with Crippen LogP contribution in [-0.4, -0.2) is 64.2 Å². The first-order valence-electron chi connectivity index (χ1n) is 9.12. The number of benzene rings is 1. The summed E-state index contributed by atoms with van der Waals surface area (Å²) in [6.07, 6.45) is 6.39. The van der Waals surface area contributed by atoms with Crippen LogP contribution >= 0.6 is 0 Å². The summed E-state index contributed by atoms with van der Waals surface area (Å²) in [6, 6.07) is 7.18. The number of nitrogens with zero attached hydrogens (tertiary/aromatic N) is 2. The number of rotatable bonds is 7. The van der Waals surface area contributed by atoms with Crippen LogP contribution in [0.1, 0.15) is 31.2 Å². The molecule has 0 N–H and O–H groups in total. The first-order chi connectivity index (χ1) is 12.1. The van der Waals surface area contributed by atoms with E-state index in [1.165, 1.54) is 12.5 Å². The monoisotopic (exact) mass is 400 g/mol. The molecule has 2 aliphatic rings. The van der Waals surface area contributed by atoms with Crippen molar-refractivity contribution in [1.82, 2.24) is 9.21 Å². The molecule has 6 nitrogen and oxygen atoms in total. The third-order valence-electron chi connectivity index (χ3n) is 5.29. The average Bonchev–Trinajstić information content (AvgIpc) is 3.36. The van der Waals surface area contributed by atoms with Crippen molar-refractivity contribution < 1.29 is 16.8 Å². The summed E-state index contributed by atoms with van der Waals surface area (Å²) < 4.78 is 50.0. The van der Waals surface area contributed by atoms with Gasteiger partial charge in [-0.15, -0.1) is 0 Å². The number of hydrogen-bond acceptors (Lipinski definition) is 5. The standard InChI is InChI=1S/C18H28N2O4S2/c1-25(21,22)18-6-4-3-5-16(18)14-19-11-9-17(10-12-19)20(26(2,23)24)13-15-7-8-15/h3-6,15,17H,7-14H2,1-2H3. The van der Waals surface area contributed by atoms with Gasteiger partial charge in [0.15, 0.2) is 9.84 Å². The number of piperidine rings is 1. The second-order valence-corrected chi connectivity index (χ2v) is 11.6. The molecule has 2 fully saturated rings. The van der Waals surface area contributed by atoms with Gasteiger partial charge in [-0.05, 0) is 43.2 Å². The van der Waals surface area contributed by atoms with Crippen LogP contribution in [0.5, 0.6) is 0 Å². The molecule has 1 saturated heterocycles. The third-order valence-corrected chi connectivity index (χ3v) is 7.79. The van der Waals surface area contributed by atoms with E-state index >= 15 is 0 Å². The maximum absolute atomic E-state index is 12.2. The Kier molecular flexibility index (Phi) is 5.77. The average molecular weight is 401 g/mol. The summed E-state index contributed by atoms with van der Waals surface area (Å²) in [5, 5.41) is 0. The van der Waals surface area contributed by atoms with Gasteiger partial charge in [0, 0.05) is 38.5 Å². The summed E-state index contributed by atoms with van der Waals surface area (Å²) in [5.41, 5.74) is 0.811. The minimum absolute atomic E-state index is 0.0620. The van der Waals surface area contributed by atoms with Gasteiger partial charge < -0.3 is 0 Å². The Balaban J connectivity index is 1.64. The first-order valence-corrected chi connectivity index (χ1v) is 12.9. The van der Waals surface area contributed by atoms with E-state index < -0.39 is 19.9 Å². The lowest BCUT2D eigenvalue weighted by Gasteiger charge is -2.37. The van der Waals surface area contributed by atoms with E-state index in [0.29, 0.717) is 23.9 Å². The van der Waals surface area contributed by atoms with Crippen molar-refractivity contribution in [1.29, 1.82) is 0 Å². The molecule has 1 saturated carbocycles. The van der Waals surface area contributed by atoms with Crippen LogP contribution < -0.4 is 0 Å². The van der Waals surface area contributed by atoms with E-state index in [9.17, 15) is 16.8 Å². The van der Waals surface area contributed by atoms with Crippen molar-refractivity contribution in [2.45, 2.75) is 43.2 Å². The zero-order valence-corrected chi connectivity index (χ0v) is 17.1. The van der Waals surface area contributed by atoms with Crippen LogP contribution in [0.4, 0.5) is 0 Å². The van der Waals surface area contributed by atoms with Gasteiger partial charge in [-0.3, -0.25) is 4.90 Å². The fourth-order valence-corrected chi connectivity index (χ4v) is 5.88. The molecule has 1 aliphatic heterocycles. The number of likely N-dealkylation sites (tertiary alicyclic amines) is 1. The molecule has 26 heavy (non-hydrogen) atoms. The van der Waals surface area contributed by atoms with E-state index in [4.69, 9.17) is 0 Å². The molecule has 0 bridgehead atoms. The van der Waals surface area contributed by atoms with Crippen LogP contribution in [0, 0.1) is 5.92 Å². The largest absolute Gasteiger partial charge is 0.299 e. The molecule has 0 atom stereocenters. The fourth-order valence-electron chi connectivity index (χ4n) is 3.71. The van der Waals surface area contributed by atoms with E-state index in [1.54, 1.807) is 16.4 Å². The molecule has 1 aromatic rings. The van der Waals surface area contributed by atoms with Crippen molar-refractivity contribution in [3.8, 4) is 0 Å². The molecule has 0 unspecified atom stereocenters. The normalized spacial score (nSPS) is 20.6. The smallest absolute Gasteiger partial charge is 0.211 e. The van der Waals surface area contributed by atoms with Gasteiger partial charge in [0.05, 0.1) is 11.2 Å². The Morgan fingerprint density at radius 1 is 1.00 bits per heavy atom. The van der Waals surface area contributed by atoms with Gasteiger partial charge >= 0.3 is 0 Å². The van der Waals surface area contributed by atoms with Crippen LogP contribution in [0.15, 0.2) is 29.2 Å². The van der Waals surface area contributed by atoms with Crippen LogP contribution in [0.3, 0.4) is 0 Å². The maximum atomic E-state index is 12.2. The molecule has 1 aromatic carbocycles. The van der Waals surface area contributed by atoms with Crippen molar-refractivity contribution in [3.63, 3.8) is 0 Å². The minimum Gasteiger partial charge on any atom is -0.299 e. The predicted molar refractivity (Wildman–Crippen MR) is 102 cm³/mol. The summed E-state index contributed by atoms with van der Waals surface area (Å²) in [4.78, 5) is 2.60. The van der Waals surface area contributed by atoms with Gasteiger partial charge in [0.2, 0.25) is 10.0 Å². The Hall–Kier alpha value is -0.960. The van der Waals surface area contributed by atoms with Crippen LogP contribution in [0.2, 0.25) is 0 Å². The maximum Gasteiger partial charge on any atom is 0.211 e. The second-order valence-electron chi connectivity index (χ2n) is 7.66. The van der Waals surface area contributed by atoms with Crippen LogP contribution in [-0.2, 0) is 26.4 Å². The quantitative estimate of drug-likeness (QED) is 0.697. The minimum atomic E-state index is -3.25. The molecule has 1 aliphatic carbocycles. The zero-order valence-electron chi connectivity index (χ0n) is 15.5. The van der Waals surface area contributed by atoms with E-state index in [1.807, 2.05) is 12.1 Å². The van der Waals surface area contributed by atoms with Gasteiger partial charge in [-0.1, -0.05) is 18.2 Å². The summed E-state index contributed by atoms with van der Waals surface area (Å²) in [5.74, 6) is 0.532. The zero-order chi connectivity index (χ0) is 18.9. The second kappa shape index (κ2) is 7.58. The molecule has 0 aromatic heterocycles. The van der Waals surface area contributed by atoms with E-state index in [0.717, 1.165) is 44.3 Å². The third kappa shape index (κ3) is 5.06. The summed E-state index contributed by atoms with van der Waals surface area (Å²) in [7, 11) is -6.44. The van der Waals surface area contributed by atoms with Crippen LogP contribution in [0.25, 0.3) is 0 Å². The highest BCUT2D eigenvalue weighted by Gasteiger charge is 2.35. The Labute approximate surface area is 157 Å². The lowest BCUT2D eigenvalue weighted by molar-refractivity contribution is 0.150. The lowest BCUT2D eigenvalue weighted by atomic mass is 10.0. The number of sulfonamides is 1. The first kappa shape index (κ1) is 19.8. The Morgan fingerprint density at radius 2 is 1.62 bits per heavy atom. The Morgan fingerprint density at radius 3 is 2.15 bits per heavy atom.